The first-order valence-corrected chi connectivity index (χ1v) is 12.0. The van der Waals surface area contributed by atoms with Crippen molar-refractivity contribution in [2.24, 2.45) is 0 Å². The number of hydrogen-bond acceptors (Lipinski definition) is 7. The first-order chi connectivity index (χ1) is 15.0. The van der Waals surface area contributed by atoms with E-state index in [0.717, 1.165) is 12.1 Å². The maximum atomic E-state index is 12.8. The Morgan fingerprint density at radius 3 is 2.97 bits per heavy atom. The molecule has 1 aromatic heterocycles. The molecule has 0 radical (unpaired) electrons. The number of Topliss-reactive ketones (excluding diaryl/α,β-unsaturated/α-hetero) is 1. The van der Waals surface area contributed by atoms with Crippen LogP contribution in [0.1, 0.15) is 30.7 Å². The number of thioether (sulfide) groups is 1. The Morgan fingerprint density at radius 1 is 1.39 bits per heavy atom. The molecule has 158 valence electrons. The average molecular weight is 491 g/mol. The Hall–Kier alpha value is -2.31. The standard InChI is InChI=1S/C21H16Cl2N4O2S2/c22-13-4-1-3-11(19(13)23)17-12(9-24)20(26-14-5-2-6-15(28)18(14)17)31-10-16(29)27-21-25-7-8-30-21/h1,3-4,7-8,17,26H,2,5-6,10H2,(H,25,27,29)/t17-/m1/s1. The molecule has 31 heavy (non-hydrogen) atoms. The van der Waals surface area contributed by atoms with Crippen LogP contribution in [-0.4, -0.2) is 22.4 Å². The number of allylic oxidation sites excluding steroid dienone is 3. The second-order valence-electron chi connectivity index (χ2n) is 6.90. The predicted molar refractivity (Wildman–Crippen MR) is 124 cm³/mol. The van der Waals surface area contributed by atoms with Crippen molar-refractivity contribution < 1.29 is 9.59 Å². The predicted octanol–water partition coefficient (Wildman–Crippen LogP) is 5.25. The van der Waals surface area contributed by atoms with Crippen LogP contribution in [0.3, 0.4) is 0 Å². The van der Waals surface area contributed by atoms with Crippen molar-refractivity contribution in [3.05, 3.63) is 67.3 Å². The highest BCUT2D eigenvalue weighted by atomic mass is 35.5. The van der Waals surface area contributed by atoms with Gasteiger partial charge in [0.1, 0.15) is 0 Å². The van der Waals surface area contributed by atoms with Crippen LogP contribution in [0.2, 0.25) is 10.0 Å². The van der Waals surface area contributed by atoms with Crippen LogP contribution in [0.15, 0.2) is 51.6 Å². The van der Waals surface area contributed by atoms with Gasteiger partial charge in [0.15, 0.2) is 10.9 Å². The van der Waals surface area contributed by atoms with Crippen LogP contribution in [0.5, 0.6) is 0 Å². The summed E-state index contributed by atoms with van der Waals surface area (Å²) in [6, 6.07) is 7.44. The van der Waals surface area contributed by atoms with Crippen molar-refractivity contribution in [1.29, 1.82) is 5.26 Å². The fourth-order valence-electron chi connectivity index (χ4n) is 3.67. The van der Waals surface area contributed by atoms with E-state index in [1.54, 1.807) is 29.8 Å². The zero-order chi connectivity index (χ0) is 22.0. The minimum absolute atomic E-state index is 0.00638. The fourth-order valence-corrected chi connectivity index (χ4v) is 5.49. The van der Waals surface area contributed by atoms with Crippen molar-refractivity contribution in [2.75, 3.05) is 11.1 Å². The van der Waals surface area contributed by atoms with E-state index in [0.29, 0.717) is 49.8 Å². The largest absolute Gasteiger partial charge is 0.352 e. The van der Waals surface area contributed by atoms with Crippen molar-refractivity contribution in [3.63, 3.8) is 0 Å². The number of nitrogens with zero attached hydrogens (tertiary/aromatic N) is 2. The van der Waals surface area contributed by atoms with Gasteiger partial charge in [0.25, 0.3) is 0 Å². The Balaban J connectivity index is 1.69. The molecule has 1 aliphatic heterocycles. The van der Waals surface area contributed by atoms with E-state index in [9.17, 15) is 14.9 Å². The number of rotatable bonds is 5. The van der Waals surface area contributed by atoms with E-state index >= 15 is 0 Å². The Bertz CT molecular complexity index is 1150. The Labute approximate surface area is 197 Å². The third kappa shape index (κ3) is 4.51. The summed E-state index contributed by atoms with van der Waals surface area (Å²) in [4.78, 5) is 29.2. The van der Waals surface area contributed by atoms with Gasteiger partial charge in [-0.2, -0.15) is 5.26 Å². The molecule has 1 atom stereocenters. The summed E-state index contributed by atoms with van der Waals surface area (Å²) >= 11 is 15.3. The molecule has 0 saturated heterocycles. The number of amides is 1. The lowest BCUT2D eigenvalue weighted by Crippen LogP contribution is -2.32. The number of thiazole rings is 1. The Morgan fingerprint density at radius 2 is 2.23 bits per heavy atom. The molecule has 2 N–H and O–H groups in total. The number of anilines is 1. The summed E-state index contributed by atoms with van der Waals surface area (Å²) in [5.74, 6) is -0.777. The lowest BCUT2D eigenvalue weighted by Gasteiger charge is -2.33. The van der Waals surface area contributed by atoms with Crippen LogP contribution >= 0.6 is 46.3 Å². The molecule has 2 aliphatic rings. The first kappa shape index (κ1) is 21.9. The van der Waals surface area contributed by atoms with Crippen molar-refractivity contribution >= 4 is 63.1 Å². The number of carbonyl (C=O) groups excluding carboxylic acids is 2. The molecule has 6 nitrogen and oxygen atoms in total. The van der Waals surface area contributed by atoms with E-state index in [2.05, 4.69) is 21.7 Å². The molecule has 0 fully saturated rings. The molecule has 2 heterocycles. The molecule has 4 rings (SSSR count). The molecule has 0 unspecified atom stereocenters. The van der Waals surface area contributed by atoms with Crippen molar-refractivity contribution in [1.82, 2.24) is 10.3 Å². The molecular formula is C21H16Cl2N4O2S2. The van der Waals surface area contributed by atoms with E-state index in [1.165, 1.54) is 23.1 Å². The summed E-state index contributed by atoms with van der Waals surface area (Å²) in [7, 11) is 0. The van der Waals surface area contributed by atoms with Crippen LogP contribution in [-0.2, 0) is 9.59 Å². The Kier molecular flexibility index (Phi) is 6.68. The molecule has 0 bridgehead atoms. The lowest BCUT2D eigenvalue weighted by atomic mass is 9.77. The number of ketones is 1. The molecule has 0 spiro atoms. The summed E-state index contributed by atoms with van der Waals surface area (Å²) in [6.45, 7) is 0. The molecule has 1 aromatic carbocycles. The van der Waals surface area contributed by atoms with Crippen LogP contribution < -0.4 is 10.6 Å². The van der Waals surface area contributed by atoms with Gasteiger partial charge in [-0.25, -0.2) is 4.98 Å². The molecule has 0 saturated carbocycles. The highest BCUT2D eigenvalue weighted by Crippen LogP contribution is 2.46. The van der Waals surface area contributed by atoms with E-state index < -0.39 is 5.92 Å². The highest BCUT2D eigenvalue weighted by Gasteiger charge is 2.38. The second-order valence-corrected chi connectivity index (χ2v) is 9.56. The number of carbonyl (C=O) groups is 2. The van der Waals surface area contributed by atoms with Crippen LogP contribution in [0, 0.1) is 11.3 Å². The van der Waals surface area contributed by atoms with E-state index in [4.69, 9.17) is 23.2 Å². The van der Waals surface area contributed by atoms with Crippen LogP contribution in [0.4, 0.5) is 5.13 Å². The summed E-state index contributed by atoms with van der Waals surface area (Å²) in [5.41, 5.74) is 2.30. The number of hydrogen-bond donors (Lipinski definition) is 2. The summed E-state index contributed by atoms with van der Waals surface area (Å²) in [6.07, 6.45) is 3.45. The van der Waals surface area contributed by atoms with Gasteiger partial charge < -0.3 is 10.6 Å². The number of nitrogens with one attached hydrogen (secondary N) is 2. The quantitative estimate of drug-likeness (QED) is 0.593. The molecule has 1 aliphatic carbocycles. The fraction of sp³-hybridized carbons (Fsp3) is 0.238. The minimum atomic E-state index is -0.621. The second kappa shape index (κ2) is 9.45. The smallest absolute Gasteiger partial charge is 0.236 e. The maximum Gasteiger partial charge on any atom is 0.236 e. The third-order valence-electron chi connectivity index (χ3n) is 4.98. The van der Waals surface area contributed by atoms with Gasteiger partial charge in [-0.05, 0) is 24.5 Å². The van der Waals surface area contributed by atoms with Crippen LogP contribution in [0.25, 0.3) is 0 Å². The van der Waals surface area contributed by atoms with Gasteiger partial charge in [0.05, 0.1) is 38.4 Å². The minimum Gasteiger partial charge on any atom is -0.352 e. The normalized spacial score (nSPS) is 18.4. The number of nitriles is 1. The molecule has 2 aromatic rings. The zero-order valence-electron chi connectivity index (χ0n) is 16.1. The summed E-state index contributed by atoms with van der Waals surface area (Å²) < 4.78 is 0. The molecular weight excluding hydrogens is 475 g/mol. The van der Waals surface area contributed by atoms with Gasteiger partial charge in [-0.1, -0.05) is 47.1 Å². The number of halogens is 2. The molecule has 10 heteroatoms. The van der Waals surface area contributed by atoms with Gasteiger partial charge in [-0.15, -0.1) is 11.3 Å². The first-order valence-electron chi connectivity index (χ1n) is 9.43. The highest BCUT2D eigenvalue weighted by molar-refractivity contribution is 8.03. The summed E-state index contributed by atoms with van der Waals surface area (Å²) in [5, 5.41) is 19.5. The van der Waals surface area contributed by atoms with Crippen molar-refractivity contribution in [2.45, 2.75) is 25.2 Å². The van der Waals surface area contributed by atoms with Crippen molar-refractivity contribution in [3.8, 4) is 6.07 Å². The SMILES string of the molecule is N#CC1=C(SCC(=O)Nc2nccs2)NC2=C(C(=O)CCC2)[C@@H]1c1cccc(Cl)c1Cl. The zero-order valence-corrected chi connectivity index (χ0v) is 19.2. The van der Waals surface area contributed by atoms with Gasteiger partial charge in [0.2, 0.25) is 5.91 Å². The van der Waals surface area contributed by atoms with Gasteiger partial charge in [-0.3, -0.25) is 9.59 Å². The van der Waals surface area contributed by atoms with Gasteiger partial charge in [0, 0.05) is 29.3 Å². The van der Waals surface area contributed by atoms with Gasteiger partial charge >= 0.3 is 0 Å². The topological polar surface area (TPSA) is 94.9 Å². The lowest BCUT2D eigenvalue weighted by molar-refractivity contribution is -0.116. The maximum absolute atomic E-state index is 12.8. The van der Waals surface area contributed by atoms with E-state index in [-0.39, 0.29) is 17.4 Å². The molecule has 1 amide bonds. The number of benzene rings is 1. The monoisotopic (exact) mass is 490 g/mol. The number of dihydropyridines is 1. The van der Waals surface area contributed by atoms with E-state index in [1.807, 2.05) is 0 Å². The average Bonchev–Trinajstić information content (AvgIpc) is 3.26. The number of aromatic nitrogens is 1. The third-order valence-corrected chi connectivity index (χ3v) is 7.52.